The first-order valence-corrected chi connectivity index (χ1v) is 7.26. The van der Waals surface area contributed by atoms with Crippen molar-refractivity contribution in [3.63, 3.8) is 0 Å². The zero-order valence-electron chi connectivity index (χ0n) is 10.6. The van der Waals surface area contributed by atoms with Crippen LogP contribution < -0.4 is 5.32 Å². The highest BCUT2D eigenvalue weighted by Crippen LogP contribution is 2.16. The molecule has 0 aromatic carbocycles. The first-order chi connectivity index (χ1) is 9.31. The fraction of sp³-hybridized carbons (Fsp3) is 0.500. The molecule has 1 aromatic rings. The van der Waals surface area contributed by atoms with Gasteiger partial charge in [-0.2, -0.15) is 0 Å². The van der Waals surface area contributed by atoms with Gasteiger partial charge in [0.15, 0.2) is 0 Å². The SMILES string of the molecule is O=C(NCC1CCCO1)c1sccc1C#CCCO. The molecule has 1 amide bonds. The number of amides is 1. The van der Waals surface area contributed by atoms with Gasteiger partial charge in [0, 0.05) is 25.1 Å². The van der Waals surface area contributed by atoms with Crippen molar-refractivity contribution in [2.75, 3.05) is 19.8 Å². The molecular formula is C14H17NO3S. The molecule has 1 unspecified atom stereocenters. The molecule has 0 bridgehead atoms. The average Bonchev–Trinajstić information content (AvgIpc) is 3.07. The molecular weight excluding hydrogens is 262 g/mol. The van der Waals surface area contributed by atoms with Crippen LogP contribution in [-0.4, -0.2) is 36.9 Å². The maximum Gasteiger partial charge on any atom is 0.262 e. The molecule has 0 saturated carbocycles. The summed E-state index contributed by atoms with van der Waals surface area (Å²) in [6.07, 6.45) is 2.64. The summed E-state index contributed by atoms with van der Waals surface area (Å²) < 4.78 is 5.46. The molecule has 102 valence electrons. The summed E-state index contributed by atoms with van der Waals surface area (Å²) in [7, 11) is 0. The Balaban J connectivity index is 1.91. The van der Waals surface area contributed by atoms with E-state index in [9.17, 15) is 4.79 Å². The standard InChI is InChI=1S/C14H17NO3S/c16-7-2-1-4-11-6-9-19-13(11)14(17)15-10-12-5-3-8-18-12/h6,9,12,16H,2-3,5,7-8,10H2,(H,15,17). The van der Waals surface area contributed by atoms with E-state index in [1.165, 1.54) is 11.3 Å². The number of aliphatic hydroxyl groups is 1. The maximum absolute atomic E-state index is 12.0. The van der Waals surface area contributed by atoms with Gasteiger partial charge in [0.1, 0.15) is 4.88 Å². The van der Waals surface area contributed by atoms with E-state index < -0.39 is 0 Å². The predicted octanol–water partition coefficient (Wildman–Crippen LogP) is 1.39. The van der Waals surface area contributed by atoms with Crippen molar-refractivity contribution < 1.29 is 14.6 Å². The van der Waals surface area contributed by atoms with Crippen LogP contribution >= 0.6 is 11.3 Å². The molecule has 0 spiro atoms. The van der Waals surface area contributed by atoms with Gasteiger partial charge >= 0.3 is 0 Å². The minimum Gasteiger partial charge on any atom is -0.395 e. The number of carbonyl (C=O) groups is 1. The topological polar surface area (TPSA) is 58.6 Å². The molecule has 0 radical (unpaired) electrons. The van der Waals surface area contributed by atoms with Crippen LogP contribution in [0.5, 0.6) is 0 Å². The number of carbonyl (C=O) groups excluding carboxylic acids is 1. The molecule has 2 rings (SSSR count). The monoisotopic (exact) mass is 279 g/mol. The largest absolute Gasteiger partial charge is 0.395 e. The molecule has 1 aliphatic heterocycles. The van der Waals surface area contributed by atoms with Crippen LogP contribution in [0.15, 0.2) is 11.4 Å². The minimum atomic E-state index is -0.0983. The number of hydrogen-bond acceptors (Lipinski definition) is 4. The summed E-state index contributed by atoms with van der Waals surface area (Å²) in [5.74, 6) is 5.64. The Morgan fingerprint density at radius 1 is 1.63 bits per heavy atom. The number of thiophene rings is 1. The first-order valence-electron chi connectivity index (χ1n) is 6.38. The van der Waals surface area contributed by atoms with Crippen molar-refractivity contribution in [1.29, 1.82) is 0 Å². The van der Waals surface area contributed by atoms with Crippen molar-refractivity contribution in [2.45, 2.75) is 25.4 Å². The molecule has 1 saturated heterocycles. The summed E-state index contributed by atoms with van der Waals surface area (Å²) in [6.45, 7) is 1.38. The van der Waals surface area contributed by atoms with Crippen LogP contribution in [0, 0.1) is 11.8 Å². The Morgan fingerprint density at radius 2 is 2.53 bits per heavy atom. The lowest BCUT2D eigenvalue weighted by Gasteiger charge is -2.10. The highest BCUT2D eigenvalue weighted by molar-refractivity contribution is 7.12. The lowest BCUT2D eigenvalue weighted by atomic mass is 10.2. The predicted molar refractivity (Wildman–Crippen MR) is 74.2 cm³/mol. The molecule has 19 heavy (non-hydrogen) atoms. The van der Waals surface area contributed by atoms with E-state index in [1.54, 1.807) is 0 Å². The van der Waals surface area contributed by atoms with E-state index in [0.717, 1.165) is 25.0 Å². The lowest BCUT2D eigenvalue weighted by molar-refractivity contribution is 0.0861. The molecule has 1 fully saturated rings. The second-order valence-electron chi connectivity index (χ2n) is 4.28. The molecule has 0 aliphatic carbocycles. The van der Waals surface area contributed by atoms with E-state index in [-0.39, 0.29) is 18.6 Å². The van der Waals surface area contributed by atoms with Crippen molar-refractivity contribution in [2.24, 2.45) is 0 Å². The summed E-state index contributed by atoms with van der Waals surface area (Å²) in [6, 6.07) is 1.83. The third-order valence-electron chi connectivity index (χ3n) is 2.85. The molecule has 1 aliphatic rings. The summed E-state index contributed by atoms with van der Waals surface area (Å²) in [5, 5.41) is 13.4. The van der Waals surface area contributed by atoms with Crippen LogP contribution in [0.2, 0.25) is 0 Å². The smallest absolute Gasteiger partial charge is 0.262 e. The lowest BCUT2D eigenvalue weighted by Crippen LogP contribution is -2.31. The third kappa shape index (κ3) is 4.06. The Morgan fingerprint density at radius 3 is 3.26 bits per heavy atom. The van der Waals surface area contributed by atoms with Crippen molar-refractivity contribution in [3.8, 4) is 11.8 Å². The fourth-order valence-corrected chi connectivity index (χ4v) is 2.65. The first kappa shape index (κ1) is 14.1. The van der Waals surface area contributed by atoms with Crippen molar-refractivity contribution >= 4 is 17.2 Å². The zero-order valence-corrected chi connectivity index (χ0v) is 11.5. The Hall–Kier alpha value is -1.35. The molecule has 5 heteroatoms. The molecule has 2 N–H and O–H groups in total. The normalized spacial score (nSPS) is 17.8. The fourth-order valence-electron chi connectivity index (χ4n) is 1.89. The second kappa shape index (κ2) is 7.29. The van der Waals surface area contributed by atoms with Crippen LogP contribution in [0.25, 0.3) is 0 Å². The van der Waals surface area contributed by atoms with Crippen LogP contribution in [0.1, 0.15) is 34.5 Å². The quantitative estimate of drug-likeness (QED) is 0.819. The van der Waals surface area contributed by atoms with Crippen LogP contribution in [0.4, 0.5) is 0 Å². The van der Waals surface area contributed by atoms with Gasteiger partial charge in [0.2, 0.25) is 0 Å². The Kier molecular flexibility index (Phi) is 5.40. The number of ether oxygens (including phenoxy) is 1. The van der Waals surface area contributed by atoms with Crippen molar-refractivity contribution in [1.82, 2.24) is 5.32 Å². The highest BCUT2D eigenvalue weighted by Gasteiger charge is 2.18. The molecule has 1 atom stereocenters. The third-order valence-corrected chi connectivity index (χ3v) is 3.76. The Bertz CT molecular complexity index is 480. The van der Waals surface area contributed by atoms with Gasteiger partial charge in [0.05, 0.1) is 12.7 Å². The molecule has 1 aromatic heterocycles. The molecule has 4 nitrogen and oxygen atoms in total. The second-order valence-corrected chi connectivity index (χ2v) is 5.20. The minimum absolute atomic E-state index is 0.0394. The number of nitrogens with one attached hydrogen (secondary N) is 1. The summed E-state index contributed by atoms with van der Waals surface area (Å²) >= 11 is 1.38. The highest BCUT2D eigenvalue weighted by atomic mass is 32.1. The zero-order chi connectivity index (χ0) is 13.5. The van der Waals surface area contributed by atoms with Crippen molar-refractivity contribution in [3.05, 3.63) is 21.9 Å². The van der Waals surface area contributed by atoms with Gasteiger partial charge in [-0.3, -0.25) is 4.79 Å². The number of hydrogen-bond donors (Lipinski definition) is 2. The van der Waals surface area contributed by atoms with Crippen LogP contribution in [-0.2, 0) is 4.74 Å². The van der Waals surface area contributed by atoms with E-state index in [2.05, 4.69) is 17.2 Å². The summed E-state index contributed by atoms with van der Waals surface area (Å²) in [5.41, 5.74) is 0.725. The number of aliphatic hydroxyl groups excluding tert-OH is 1. The van der Waals surface area contributed by atoms with Gasteiger partial charge in [0.25, 0.3) is 5.91 Å². The van der Waals surface area contributed by atoms with Gasteiger partial charge in [-0.1, -0.05) is 11.8 Å². The average molecular weight is 279 g/mol. The van der Waals surface area contributed by atoms with Gasteiger partial charge in [-0.25, -0.2) is 0 Å². The van der Waals surface area contributed by atoms with Gasteiger partial charge in [-0.05, 0) is 24.3 Å². The Labute approximate surface area is 116 Å². The van der Waals surface area contributed by atoms with E-state index in [1.807, 2.05) is 11.4 Å². The van der Waals surface area contributed by atoms with Crippen LogP contribution in [0.3, 0.4) is 0 Å². The molecule has 2 heterocycles. The number of rotatable bonds is 4. The van der Waals surface area contributed by atoms with E-state index in [0.29, 0.717) is 17.8 Å². The van der Waals surface area contributed by atoms with Gasteiger partial charge < -0.3 is 15.2 Å². The maximum atomic E-state index is 12.0. The summed E-state index contributed by atoms with van der Waals surface area (Å²) in [4.78, 5) is 12.7. The van der Waals surface area contributed by atoms with E-state index in [4.69, 9.17) is 9.84 Å². The van der Waals surface area contributed by atoms with E-state index >= 15 is 0 Å². The van der Waals surface area contributed by atoms with Gasteiger partial charge in [-0.15, -0.1) is 11.3 Å².